The van der Waals surface area contributed by atoms with Gasteiger partial charge in [-0.1, -0.05) is 27.7 Å². The van der Waals surface area contributed by atoms with Crippen LogP contribution >= 0.6 is 15.9 Å². The van der Waals surface area contributed by atoms with E-state index in [0.717, 1.165) is 61.4 Å². The number of fused-ring (bicyclic) bond motifs is 1. The van der Waals surface area contributed by atoms with Crippen molar-refractivity contribution >= 4 is 21.6 Å². The average Bonchev–Trinajstić information content (AvgIpc) is 2.53. The molecule has 3 heterocycles. The van der Waals surface area contributed by atoms with E-state index < -0.39 is 0 Å². The number of aromatic nitrogens is 1. The fourth-order valence-electron chi connectivity index (χ4n) is 3.42. The highest BCUT2D eigenvalue weighted by molar-refractivity contribution is 9.10. The van der Waals surface area contributed by atoms with Gasteiger partial charge in [0.05, 0.1) is 6.20 Å². The third kappa shape index (κ3) is 3.99. The molecule has 0 atom stereocenters. The largest absolute Gasteiger partial charge is 0.484 e. The topological polar surface area (TPSA) is 37.7 Å². The van der Waals surface area contributed by atoms with Crippen molar-refractivity contribution in [2.45, 2.75) is 52.6 Å². The van der Waals surface area contributed by atoms with E-state index in [0.29, 0.717) is 0 Å². The van der Waals surface area contributed by atoms with Gasteiger partial charge in [0.1, 0.15) is 16.0 Å². The molecule has 2 aliphatic heterocycles. The van der Waals surface area contributed by atoms with Gasteiger partial charge in [0.15, 0.2) is 0 Å². The first-order valence-electron chi connectivity index (χ1n) is 8.91. The lowest BCUT2D eigenvalue weighted by Crippen LogP contribution is -2.51. The molecule has 0 unspecified atom stereocenters. The van der Waals surface area contributed by atoms with Crippen LogP contribution in [0.25, 0.3) is 0 Å². The van der Waals surface area contributed by atoms with Crippen molar-refractivity contribution in [3.63, 3.8) is 0 Å². The van der Waals surface area contributed by atoms with E-state index in [4.69, 9.17) is 9.73 Å². The van der Waals surface area contributed by atoms with Gasteiger partial charge in [-0.2, -0.15) is 0 Å². The number of hydrogen-bond donors (Lipinski definition) is 0. The quantitative estimate of drug-likeness (QED) is 0.702. The van der Waals surface area contributed by atoms with Crippen molar-refractivity contribution in [3.8, 4) is 5.75 Å². The summed E-state index contributed by atoms with van der Waals surface area (Å²) in [6.07, 6.45) is 4.87. The second-order valence-corrected chi connectivity index (χ2v) is 9.04. The van der Waals surface area contributed by atoms with E-state index in [-0.39, 0.29) is 11.0 Å². The standard InChI is InChI=1S/C19H28BrN3O/c1-5-23-8-6-19(7-9-23)11-15(22-13-18(2,3)4)14-10-17(20)21-12-16(14)24-19/h10,12H,5-9,11,13H2,1-4H3. The van der Waals surface area contributed by atoms with E-state index >= 15 is 0 Å². The average molecular weight is 394 g/mol. The Morgan fingerprint density at radius 1 is 1.33 bits per heavy atom. The molecule has 0 N–H and O–H groups in total. The summed E-state index contributed by atoms with van der Waals surface area (Å²) in [4.78, 5) is 11.9. The Balaban J connectivity index is 1.91. The maximum Gasteiger partial charge on any atom is 0.147 e. The van der Waals surface area contributed by atoms with Crippen molar-refractivity contribution < 1.29 is 4.74 Å². The van der Waals surface area contributed by atoms with Gasteiger partial charge < -0.3 is 9.64 Å². The van der Waals surface area contributed by atoms with E-state index in [1.807, 2.05) is 12.3 Å². The molecule has 1 saturated heterocycles. The summed E-state index contributed by atoms with van der Waals surface area (Å²) in [5, 5.41) is 0. The normalized spacial score (nSPS) is 22.5. The van der Waals surface area contributed by atoms with Gasteiger partial charge in [0, 0.05) is 50.2 Å². The van der Waals surface area contributed by atoms with E-state index in [9.17, 15) is 0 Å². The zero-order chi connectivity index (χ0) is 17.4. The monoisotopic (exact) mass is 393 g/mol. The Kier molecular flexibility index (Phi) is 5.03. The zero-order valence-corrected chi connectivity index (χ0v) is 16.8. The van der Waals surface area contributed by atoms with Crippen LogP contribution in [0.2, 0.25) is 0 Å². The van der Waals surface area contributed by atoms with Gasteiger partial charge >= 0.3 is 0 Å². The fourth-order valence-corrected chi connectivity index (χ4v) is 3.75. The molecule has 132 valence electrons. The number of nitrogens with zero attached hydrogens (tertiary/aromatic N) is 3. The number of piperidine rings is 1. The van der Waals surface area contributed by atoms with Crippen LogP contribution in [0.5, 0.6) is 5.75 Å². The third-order valence-electron chi connectivity index (χ3n) is 4.92. The van der Waals surface area contributed by atoms with Crippen LogP contribution in [0.1, 0.15) is 52.5 Å². The van der Waals surface area contributed by atoms with E-state index in [1.165, 1.54) is 5.71 Å². The second-order valence-electron chi connectivity index (χ2n) is 8.22. The first-order valence-corrected chi connectivity index (χ1v) is 9.70. The van der Waals surface area contributed by atoms with Gasteiger partial charge in [-0.25, -0.2) is 4.98 Å². The van der Waals surface area contributed by atoms with Crippen LogP contribution in [-0.4, -0.2) is 47.4 Å². The van der Waals surface area contributed by atoms with Crippen molar-refractivity contribution in [1.29, 1.82) is 0 Å². The van der Waals surface area contributed by atoms with Crippen molar-refractivity contribution in [2.24, 2.45) is 10.4 Å². The predicted molar refractivity (Wildman–Crippen MR) is 102 cm³/mol. The minimum atomic E-state index is -0.106. The van der Waals surface area contributed by atoms with Gasteiger partial charge in [-0.15, -0.1) is 0 Å². The molecule has 24 heavy (non-hydrogen) atoms. The predicted octanol–water partition coefficient (Wildman–Crippen LogP) is 4.32. The summed E-state index contributed by atoms with van der Waals surface area (Å²) in [7, 11) is 0. The molecule has 1 aromatic rings. The lowest BCUT2D eigenvalue weighted by molar-refractivity contribution is 0.00420. The number of pyridine rings is 1. The van der Waals surface area contributed by atoms with Crippen LogP contribution in [-0.2, 0) is 0 Å². The highest BCUT2D eigenvalue weighted by Crippen LogP contribution is 2.40. The molecule has 0 aromatic carbocycles. The first kappa shape index (κ1) is 17.9. The van der Waals surface area contributed by atoms with Gasteiger partial charge in [0.2, 0.25) is 0 Å². The molecular formula is C19H28BrN3O. The fraction of sp³-hybridized carbons (Fsp3) is 0.684. The molecule has 1 fully saturated rings. The first-order chi connectivity index (χ1) is 11.3. The van der Waals surface area contributed by atoms with Gasteiger partial charge in [-0.3, -0.25) is 4.99 Å². The number of rotatable bonds is 2. The Hall–Kier alpha value is -0.940. The molecule has 2 aliphatic rings. The minimum absolute atomic E-state index is 0.106. The number of ether oxygens (including phenoxy) is 1. The van der Waals surface area contributed by atoms with Crippen molar-refractivity contribution in [1.82, 2.24) is 9.88 Å². The van der Waals surface area contributed by atoms with E-state index in [1.54, 1.807) is 0 Å². The number of hydrogen-bond acceptors (Lipinski definition) is 4. The van der Waals surface area contributed by atoms with Gasteiger partial charge in [-0.05, 0) is 34.0 Å². The minimum Gasteiger partial charge on any atom is -0.484 e. The Morgan fingerprint density at radius 3 is 2.67 bits per heavy atom. The number of likely N-dealkylation sites (tertiary alicyclic amines) is 1. The Morgan fingerprint density at radius 2 is 2.04 bits per heavy atom. The Labute approximate surface area is 153 Å². The summed E-state index contributed by atoms with van der Waals surface area (Å²) >= 11 is 3.48. The summed E-state index contributed by atoms with van der Waals surface area (Å²) in [6.45, 7) is 13.1. The molecular weight excluding hydrogens is 366 g/mol. The lowest BCUT2D eigenvalue weighted by atomic mass is 9.82. The van der Waals surface area contributed by atoms with Gasteiger partial charge in [0.25, 0.3) is 0 Å². The molecule has 0 amide bonds. The highest BCUT2D eigenvalue weighted by Gasteiger charge is 2.42. The van der Waals surface area contributed by atoms with Crippen LogP contribution in [0, 0.1) is 5.41 Å². The molecule has 1 spiro atoms. The second kappa shape index (κ2) is 6.75. The molecule has 3 rings (SSSR count). The molecule has 0 bridgehead atoms. The van der Waals surface area contributed by atoms with Crippen LogP contribution in [0.3, 0.4) is 0 Å². The lowest BCUT2D eigenvalue weighted by Gasteiger charge is -2.44. The van der Waals surface area contributed by atoms with Crippen LogP contribution in [0.15, 0.2) is 21.9 Å². The Bertz CT molecular complexity index is 628. The number of halogens is 1. The molecule has 0 saturated carbocycles. The maximum atomic E-state index is 6.48. The van der Waals surface area contributed by atoms with Crippen LogP contribution in [0.4, 0.5) is 0 Å². The molecule has 4 nitrogen and oxygen atoms in total. The summed E-state index contributed by atoms with van der Waals surface area (Å²) in [6, 6.07) is 2.05. The number of aliphatic imine (C=N–C) groups is 1. The summed E-state index contributed by atoms with van der Waals surface area (Å²) < 4.78 is 7.32. The van der Waals surface area contributed by atoms with Crippen molar-refractivity contribution in [3.05, 3.63) is 22.4 Å². The van der Waals surface area contributed by atoms with E-state index in [2.05, 4.69) is 53.5 Å². The van der Waals surface area contributed by atoms with Crippen LogP contribution < -0.4 is 4.74 Å². The highest BCUT2D eigenvalue weighted by atomic mass is 79.9. The SMILES string of the molecule is CCN1CCC2(CC1)CC(=NCC(C)(C)C)c1cc(Br)ncc1O2. The molecule has 5 heteroatoms. The summed E-state index contributed by atoms with van der Waals surface area (Å²) in [5.74, 6) is 0.891. The smallest absolute Gasteiger partial charge is 0.147 e. The van der Waals surface area contributed by atoms with Crippen molar-refractivity contribution in [2.75, 3.05) is 26.2 Å². The molecule has 1 aromatic heterocycles. The maximum absolute atomic E-state index is 6.48. The molecule has 0 aliphatic carbocycles. The molecule has 0 radical (unpaired) electrons. The zero-order valence-electron chi connectivity index (χ0n) is 15.2. The summed E-state index contributed by atoms with van der Waals surface area (Å²) in [5.41, 5.74) is 2.36. The third-order valence-corrected chi connectivity index (χ3v) is 5.35.